The molecule has 19 heavy (non-hydrogen) atoms. The summed E-state index contributed by atoms with van der Waals surface area (Å²) < 4.78 is 0. The van der Waals surface area contributed by atoms with Crippen LogP contribution in [0.1, 0.15) is 52.5 Å². The Kier molecular flexibility index (Phi) is 2.27. The second kappa shape index (κ2) is 3.78. The molecule has 4 unspecified atom stereocenters. The Morgan fingerprint density at radius 1 is 1.00 bits per heavy atom. The standard InChI is InChI=1S/C17H18O2/c1-2-9-3-6-12-13(7-9)17(19)15-11-5-4-10(8-11)14(15)16(12)18/h3,6-7,10-11,14-15H,2,4-5,8H2,1H3. The van der Waals surface area contributed by atoms with Gasteiger partial charge < -0.3 is 0 Å². The molecule has 0 amide bonds. The molecule has 2 nitrogen and oxygen atoms in total. The Morgan fingerprint density at radius 2 is 1.63 bits per heavy atom. The highest BCUT2D eigenvalue weighted by Gasteiger charge is 2.56. The van der Waals surface area contributed by atoms with Crippen molar-refractivity contribution in [3.8, 4) is 0 Å². The fraction of sp³-hybridized carbons (Fsp3) is 0.529. The van der Waals surface area contributed by atoms with Crippen molar-refractivity contribution in [2.45, 2.75) is 32.6 Å². The summed E-state index contributed by atoms with van der Waals surface area (Å²) in [7, 11) is 0. The molecule has 98 valence electrons. The van der Waals surface area contributed by atoms with E-state index in [2.05, 4.69) is 6.92 Å². The van der Waals surface area contributed by atoms with Crippen molar-refractivity contribution in [3.05, 3.63) is 34.9 Å². The maximum absolute atomic E-state index is 12.7. The lowest BCUT2D eigenvalue weighted by molar-refractivity contribution is 0.0661. The van der Waals surface area contributed by atoms with E-state index in [0.29, 0.717) is 23.0 Å². The van der Waals surface area contributed by atoms with Gasteiger partial charge in [-0.2, -0.15) is 0 Å². The number of aryl methyl sites for hydroxylation is 1. The number of carbonyl (C=O) groups excluding carboxylic acids is 2. The van der Waals surface area contributed by atoms with Crippen LogP contribution in [0.2, 0.25) is 0 Å². The van der Waals surface area contributed by atoms with Crippen LogP contribution in [-0.4, -0.2) is 11.6 Å². The topological polar surface area (TPSA) is 34.1 Å². The average Bonchev–Trinajstić information content (AvgIpc) is 3.05. The monoisotopic (exact) mass is 254 g/mol. The molecule has 2 saturated carbocycles. The quantitative estimate of drug-likeness (QED) is 0.770. The van der Waals surface area contributed by atoms with E-state index < -0.39 is 0 Å². The number of rotatable bonds is 1. The minimum atomic E-state index is 0.00542. The first-order valence-corrected chi connectivity index (χ1v) is 7.42. The minimum Gasteiger partial charge on any atom is -0.294 e. The zero-order chi connectivity index (χ0) is 13.1. The third-order valence-corrected chi connectivity index (χ3v) is 5.55. The summed E-state index contributed by atoms with van der Waals surface area (Å²) in [6.45, 7) is 2.08. The molecule has 2 bridgehead atoms. The molecule has 2 heteroatoms. The second-order valence-corrected chi connectivity index (χ2v) is 6.35. The molecule has 1 aromatic rings. The van der Waals surface area contributed by atoms with Crippen LogP contribution in [0.4, 0.5) is 0 Å². The summed E-state index contributed by atoms with van der Waals surface area (Å²) in [5.41, 5.74) is 2.55. The first-order chi connectivity index (χ1) is 9.20. The van der Waals surface area contributed by atoms with Crippen LogP contribution in [0.3, 0.4) is 0 Å². The van der Waals surface area contributed by atoms with Crippen LogP contribution in [0.15, 0.2) is 18.2 Å². The van der Waals surface area contributed by atoms with Crippen LogP contribution in [0.5, 0.6) is 0 Å². The zero-order valence-corrected chi connectivity index (χ0v) is 11.2. The van der Waals surface area contributed by atoms with Gasteiger partial charge in [-0.15, -0.1) is 0 Å². The van der Waals surface area contributed by atoms with Gasteiger partial charge >= 0.3 is 0 Å². The van der Waals surface area contributed by atoms with E-state index in [1.165, 1.54) is 0 Å². The number of carbonyl (C=O) groups is 2. The molecule has 0 aliphatic heterocycles. The molecule has 0 radical (unpaired) electrons. The van der Waals surface area contributed by atoms with E-state index in [1.807, 2.05) is 18.2 Å². The number of fused-ring (bicyclic) bond motifs is 6. The molecule has 0 N–H and O–H groups in total. The molecular weight excluding hydrogens is 236 g/mol. The lowest BCUT2D eigenvalue weighted by Gasteiger charge is -2.33. The lowest BCUT2D eigenvalue weighted by atomic mass is 9.67. The predicted octanol–water partition coefficient (Wildman–Crippen LogP) is 3.29. The maximum atomic E-state index is 12.7. The Hall–Kier alpha value is -1.44. The maximum Gasteiger partial charge on any atom is 0.167 e. The van der Waals surface area contributed by atoms with Crippen LogP contribution in [-0.2, 0) is 6.42 Å². The normalized spacial score (nSPS) is 35.4. The molecule has 2 fully saturated rings. The van der Waals surface area contributed by atoms with Gasteiger partial charge in [0, 0.05) is 23.0 Å². The Balaban J connectivity index is 1.87. The van der Waals surface area contributed by atoms with Gasteiger partial charge in [0.2, 0.25) is 0 Å². The van der Waals surface area contributed by atoms with E-state index in [4.69, 9.17) is 0 Å². The van der Waals surface area contributed by atoms with Crippen molar-refractivity contribution >= 4 is 11.6 Å². The largest absolute Gasteiger partial charge is 0.294 e. The molecule has 1 aromatic carbocycles. The summed E-state index contributed by atoms with van der Waals surface area (Å²) >= 11 is 0. The van der Waals surface area contributed by atoms with Crippen LogP contribution in [0.25, 0.3) is 0 Å². The van der Waals surface area contributed by atoms with E-state index in [9.17, 15) is 9.59 Å². The summed E-state index contributed by atoms with van der Waals surface area (Å²) in [6.07, 6.45) is 4.30. The van der Waals surface area contributed by atoms with Gasteiger partial charge in [0.15, 0.2) is 11.6 Å². The smallest absolute Gasteiger partial charge is 0.167 e. The second-order valence-electron chi connectivity index (χ2n) is 6.35. The number of benzene rings is 1. The highest BCUT2D eigenvalue weighted by atomic mass is 16.1. The van der Waals surface area contributed by atoms with Gasteiger partial charge in [-0.25, -0.2) is 0 Å². The molecule has 3 aliphatic rings. The summed E-state index contributed by atoms with van der Waals surface area (Å²) in [6, 6.07) is 5.84. The van der Waals surface area contributed by atoms with Crippen molar-refractivity contribution in [1.82, 2.24) is 0 Å². The van der Waals surface area contributed by atoms with Crippen molar-refractivity contribution in [3.63, 3.8) is 0 Å². The first-order valence-electron chi connectivity index (χ1n) is 7.42. The lowest BCUT2D eigenvalue weighted by Crippen LogP contribution is -2.40. The Bertz CT molecular complexity index is 587. The van der Waals surface area contributed by atoms with Crippen LogP contribution in [0, 0.1) is 23.7 Å². The van der Waals surface area contributed by atoms with E-state index in [0.717, 1.165) is 31.2 Å². The highest BCUT2D eigenvalue weighted by molar-refractivity contribution is 6.16. The molecule has 0 aromatic heterocycles. The molecular formula is C17H18O2. The number of ketones is 2. The Labute approximate surface area is 113 Å². The third-order valence-electron chi connectivity index (χ3n) is 5.55. The van der Waals surface area contributed by atoms with E-state index >= 15 is 0 Å². The van der Waals surface area contributed by atoms with Crippen molar-refractivity contribution < 1.29 is 9.59 Å². The predicted molar refractivity (Wildman–Crippen MR) is 72.3 cm³/mol. The summed E-state index contributed by atoms with van der Waals surface area (Å²) in [5.74, 6) is 1.46. The molecule has 4 atom stereocenters. The van der Waals surface area contributed by atoms with Gasteiger partial charge in [0.25, 0.3) is 0 Å². The zero-order valence-electron chi connectivity index (χ0n) is 11.2. The molecule has 0 heterocycles. The van der Waals surface area contributed by atoms with Gasteiger partial charge in [0.05, 0.1) is 0 Å². The van der Waals surface area contributed by atoms with Crippen LogP contribution < -0.4 is 0 Å². The van der Waals surface area contributed by atoms with Gasteiger partial charge in [-0.05, 0) is 49.1 Å². The minimum absolute atomic E-state index is 0.00542. The van der Waals surface area contributed by atoms with Crippen molar-refractivity contribution in [1.29, 1.82) is 0 Å². The first kappa shape index (κ1) is 11.4. The number of hydrogen-bond acceptors (Lipinski definition) is 2. The Morgan fingerprint density at radius 3 is 2.26 bits per heavy atom. The highest BCUT2D eigenvalue weighted by Crippen LogP contribution is 2.56. The van der Waals surface area contributed by atoms with E-state index in [-0.39, 0.29) is 23.4 Å². The van der Waals surface area contributed by atoms with Gasteiger partial charge in [-0.1, -0.05) is 19.1 Å². The number of hydrogen-bond donors (Lipinski definition) is 0. The van der Waals surface area contributed by atoms with Crippen molar-refractivity contribution in [2.24, 2.45) is 23.7 Å². The fourth-order valence-corrected chi connectivity index (χ4v) is 4.63. The van der Waals surface area contributed by atoms with Gasteiger partial charge in [-0.3, -0.25) is 9.59 Å². The summed E-state index contributed by atoms with van der Waals surface area (Å²) in [5, 5.41) is 0. The molecule has 0 saturated heterocycles. The molecule has 4 rings (SSSR count). The van der Waals surface area contributed by atoms with Crippen molar-refractivity contribution in [2.75, 3.05) is 0 Å². The summed E-state index contributed by atoms with van der Waals surface area (Å²) in [4.78, 5) is 25.4. The fourth-order valence-electron chi connectivity index (χ4n) is 4.63. The van der Waals surface area contributed by atoms with E-state index in [1.54, 1.807) is 0 Å². The van der Waals surface area contributed by atoms with Crippen LogP contribution >= 0.6 is 0 Å². The molecule has 0 spiro atoms. The molecule has 3 aliphatic carbocycles. The SMILES string of the molecule is CCc1ccc2c(c1)C(=O)C1C3CCC(C3)C1C2=O. The number of Topliss-reactive ketones (excluding diaryl/α,β-unsaturated/α-hetero) is 2. The third kappa shape index (κ3) is 1.37. The average molecular weight is 254 g/mol. The van der Waals surface area contributed by atoms with Gasteiger partial charge in [0.1, 0.15) is 0 Å².